The summed E-state index contributed by atoms with van der Waals surface area (Å²) in [6, 6.07) is 11.6. The molecule has 0 spiro atoms. The van der Waals surface area contributed by atoms with Gasteiger partial charge in [0, 0.05) is 62.9 Å². The molecule has 0 radical (unpaired) electrons. The van der Waals surface area contributed by atoms with Crippen LogP contribution in [0, 0.1) is 17.7 Å². The maximum absolute atomic E-state index is 14.2. The topological polar surface area (TPSA) is 80.3 Å². The van der Waals surface area contributed by atoms with Crippen LogP contribution in [0.1, 0.15) is 0 Å². The van der Waals surface area contributed by atoms with Crippen molar-refractivity contribution in [1.29, 1.82) is 0 Å². The highest BCUT2D eigenvalue weighted by atomic mass is 19.1. The molecule has 2 aliphatic rings. The monoisotopic (exact) mass is 432 g/mol. The SMILES string of the molecule is CN(c1nc(-c2ccncc2F)cc(=O)n1C)[C@H]1[C@@H]2CN(c3nc4ccccc4o3)C[C@@H]21. The van der Waals surface area contributed by atoms with Gasteiger partial charge in [-0.05, 0) is 18.2 Å². The molecule has 1 saturated carbocycles. The summed E-state index contributed by atoms with van der Waals surface area (Å²) < 4.78 is 21.7. The number of aromatic nitrogens is 4. The zero-order valence-corrected chi connectivity index (χ0v) is 17.6. The van der Waals surface area contributed by atoms with Crippen LogP contribution in [0.3, 0.4) is 0 Å². The van der Waals surface area contributed by atoms with Crippen LogP contribution in [0.15, 0.2) is 58.0 Å². The van der Waals surface area contributed by atoms with E-state index in [0.29, 0.717) is 29.5 Å². The predicted molar refractivity (Wildman–Crippen MR) is 118 cm³/mol. The minimum Gasteiger partial charge on any atom is -0.423 e. The Morgan fingerprint density at radius 2 is 1.94 bits per heavy atom. The Bertz CT molecular complexity index is 1350. The molecule has 0 unspecified atom stereocenters. The normalized spacial score (nSPS) is 21.7. The Labute approximate surface area is 182 Å². The first-order valence-electron chi connectivity index (χ1n) is 10.5. The summed E-state index contributed by atoms with van der Waals surface area (Å²) in [6.07, 6.45) is 2.62. The first-order chi connectivity index (χ1) is 15.5. The van der Waals surface area contributed by atoms with Crippen molar-refractivity contribution in [3.8, 4) is 11.3 Å². The maximum atomic E-state index is 14.2. The lowest BCUT2D eigenvalue weighted by molar-refractivity contribution is 0.562. The molecule has 1 aliphatic heterocycles. The second-order valence-corrected chi connectivity index (χ2v) is 8.49. The molecule has 1 aliphatic carbocycles. The van der Waals surface area contributed by atoms with Gasteiger partial charge < -0.3 is 14.2 Å². The van der Waals surface area contributed by atoms with Crippen molar-refractivity contribution < 1.29 is 8.81 Å². The van der Waals surface area contributed by atoms with Crippen LogP contribution in [0.25, 0.3) is 22.4 Å². The Morgan fingerprint density at radius 1 is 1.16 bits per heavy atom. The summed E-state index contributed by atoms with van der Waals surface area (Å²) in [5, 5.41) is 0. The van der Waals surface area contributed by atoms with Crippen molar-refractivity contribution in [2.45, 2.75) is 6.04 Å². The lowest BCUT2D eigenvalue weighted by atomic mass is 10.2. The fourth-order valence-electron chi connectivity index (χ4n) is 4.92. The lowest BCUT2D eigenvalue weighted by Gasteiger charge is -2.25. The first kappa shape index (κ1) is 19.0. The van der Waals surface area contributed by atoms with Gasteiger partial charge in [0.1, 0.15) is 5.52 Å². The highest BCUT2D eigenvalue weighted by Gasteiger charge is 2.59. The zero-order valence-electron chi connectivity index (χ0n) is 17.6. The molecule has 6 rings (SSSR count). The molecular formula is C23H21FN6O2. The molecule has 2 fully saturated rings. The summed E-state index contributed by atoms with van der Waals surface area (Å²) in [4.78, 5) is 29.8. The van der Waals surface area contributed by atoms with Gasteiger partial charge in [-0.15, -0.1) is 0 Å². The summed E-state index contributed by atoms with van der Waals surface area (Å²) in [6.45, 7) is 1.66. The van der Waals surface area contributed by atoms with Crippen LogP contribution in [0.4, 0.5) is 16.4 Å². The zero-order chi connectivity index (χ0) is 22.0. The third-order valence-electron chi connectivity index (χ3n) is 6.62. The molecule has 0 N–H and O–H groups in total. The number of para-hydroxylation sites is 2. The highest BCUT2D eigenvalue weighted by molar-refractivity contribution is 5.74. The molecule has 8 nitrogen and oxygen atoms in total. The van der Waals surface area contributed by atoms with Crippen LogP contribution < -0.4 is 15.4 Å². The second-order valence-electron chi connectivity index (χ2n) is 8.49. The third kappa shape index (κ3) is 2.88. The van der Waals surface area contributed by atoms with Crippen molar-refractivity contribution in [3.05, 3.63) is 65.0 Å². The van der Waals surface area contributed by atoms with Gasteiger partial charge in [-0.2, -0.15) is 4.98 Å². The molecule has 162 valence electrons. The van der Waals surface area contributed by atoms with E-state index in [1.807, 2.05) is 36.2 Å². The van der Waals surface area contributed by atoms with Crippen LogP contribution in [-0.4, -0.2) is 45.7 Å². The quantitative estimate of drug-likeness (QED) is 0.491. The standard InChI is InChI=1S/C23H21FN6O2/c1-28-20(31)9-18(13-7-8-25-10-16(13)24)26-22(28)29(2)21-14-11-30(12-15(14)21)23-27-17-5-3-4-6-19(17)32-23/h3-10,14-15,21H,11-12H2,1-2H3/t14-,15+,21+. The van der Waals surface area contributed by atoms with E-state index in [4.69, 9.17) is 4.42 Å². The minimum atomic E-state index is -0.501. The second kappa shape index (κ2) is 6.88. The van der Waals surface area contributed by atoms with Crippen LogP contribution >= 0.6 is 0 Å². The number of hydrogen-bond donors (Lipinski definition) is 0. The lowest BCUT2D eigenvalue weighted by Crippen LogP contribution is -2.36. The number of fused-ring (bicyclic) bond motifs is 2. The molecule has 3 aromatic heterocycles. The van der Waals surface area contributed by atoms with Crippen molar-refractivity contribution in [1.82, 2.24) is 19.5 Å². The number of oxazole rings is 1. The Balaban J connectivity index is 1.24. The number of nitrogens with zero attached hydrogens (tertiary/aromatic N) is 6. The Kier molecular flexibility index (Phi) is 4.08. The molecule has 0 bridgehead atoms. The predicted octanol–water partition coefficient (Wildman–Crippen LogP) is 2.69. The van der Waals surface area contributed by atoms with Crippen molar-refractivity contribution >= 4 is 23.1 Å². The van der Waals surface area contributed by atoms with Crippen LogP contribution in [0.5, 0.6) is 0 Å². The van der Waals surface area contributed by atoms with E-state index in [9.17, 15) is 9.18 Å². The van der Waals surface area contributed by atoms with E-state index >= 15 is 0 Å². The Hall–Kier alpha value is -3.75. The largest absolute Gasteiger partial charge is 0.423 e. The van der Waals surface area contributed by atoms with Crippen molar-refractivity contribution in [2.75, 3.05) is 29.9 Å². The summed E-state index contributed by atoms with van der Waals surface area (Å²) in [5.41, 5.74) is 2.00. The molecule has 1 aromatic carbocycles. The summed E-state index contributed by atoms with van der Waals surface area (Å²) in [7, 11) is 3.64. The minimum absolute atomic E-state index is 0.230. The number of pyridine rings is 1. The van der Waals surface area contributed by atoms with Crippen LogP contribution in [0.2, 0.25) is 0 Å². The number of rotatable bonds is 4. The van der Waals surface area contributed by atoms with Crippen LogP contribution in [-0.2, 0) is 7.05 Å². The number of benzene rings is 1. The fourth-order valence-corrected chi connectivity index (χ4v) is 4.92. The molecule has 3 atom stereocenters. The average molecular weight is 432 g/mol. The fraction of sp³-hybridized carbons (Fsp3) is 0.304. The van der Waals surface area contributed by atoms with Gasteiger partial charge in [0.15, 0.2) is 11.4 Å². The smallest absolute Gasteiger partial charge is 0.298 e. The third-order valence-corrected chi connectivity index (χ3v) is 6.62. The molecule has 1 saturated heterocycles. The van der Waals surface area contributed by atoms with E-state index in [1.165, 1.54) is 22.9 Å². The average Bonchev–Trinajstić information content (AvgIpc) is 3.13. The number of anilines is 2. The van der Waals surface area contributed by atoms with E-state index in [1.54, 1.807) is 7.05 Å². The number of piperidine rings is 1. The van der Waals surface area contributed by atoms with Gasteiger partial charge in [0.25, 0.3) is 11.6 Å². The van der Waals surface area contributed by atoms with Gasteiger partial charge in [0.05, 0.1) is 11.9 Å². The van der Waals surface area contributed by atoms with Gasteiger partial charge in [-0.3, -0.25) is 14.3 Å². The molecule has 0 amide bonds. The van der Waals surface area contributed by atoms with E-state index in [0.717, 1.165) is 30.4 Å². The molecular weight excluding hydrogens is 411 g/mol. The van der Waals surface area contributed by atoms with E-state index in [2.05, 4.69) is 19.9 Å². The first-order valence-corrected chi connectivity index (χ1v) is 10.5. The molecule has 4 aromatic rings. The maximum Gasteiger partial charge on any atom is 0.298 e. The molecule has 32 heavy (non-hydrogen) atoms. The van der Waals surface area contributed by atoms with Gasteiger partial charge >= 0.3 is 0 Å². The number of halogens is 1. The molecule has 9 heteroatoms. The van der Waals surface area contributed by atoms with Gasteiger partial charge in [0.2, 0.25) is 5.95 Å². The van der Waals surface area contributed by atoms with Gasteiger partial charge in [-0.25, -0.2) is 9.37 Å². The summed E-state index contributed by atoms with van der Waals surface area (Å²) >= 11 is 0. The van der Waals surface area contributed by atoms with Gasteiger partial charge in [-0.1, -0.05) is 12.1 Å². The van der Waals surface area contributed by atoms with Crippen molar-refractivity contribution in [3.63, 3.8) is 0 Å². The Morgan fingerprint density at radius 3 is 2.69 bits per heavy atom. The van der Waals surface area contributed by atoms with E-state index in [-0.39, 0.29) is 17.2 Å². The van der Waals surface area contributed by atoms with E-state index < -0.39 is 5.82 Å². The number of hydrogen-bond acceptors (Lipinski definition) is 7. The highest BCUT2D eigenvalue weighted by Crippen LogP contribution is 2.50. The summed E-state index contributed by atoms with van der Waals surface area (Å²) in [5.74, 6) is 0.872. The van der Waals surface area contributed by atoms with Crippen molar-refractivity contribution in [2.24, 2.45) is 18.9 Å². The molecule has 4 heterocycles.